The summed E-state index contributed by atoms with van der Waals surface area (Å²) in [4.78, 5) is 10.1. The van der Waals surface area contributed by atoms with Gasteiger partial charge in [-0.05, 0) is 5.92 Å². The van der Waals surface area contributed by atoms with Gasteiger partial charge >= 0.3 is 0 Å². The standard InChI is InChI=1S/C11H18N4O2/c1-6(2)9-10(12)13-5-14-11(9)15-3-7(16)8(17)4-15/h5-8,16-17H,3-4H2,1-2H3,(H2,12,13,14). The number of nitrogens with two attached hydrogens (primary N) is 1. The molecule has 0 aliphatic carbocycles. The molecule has 4 N–H and O–H groups in total. The molecular weight excluding hydrogens is 220 g/mol. The van der Waals surface area contributed by atoms with Gasteiger partial charge in [0.25, 0.3) is 0 Å². The molecule has 1 saturated heterocycles. The molecule has 0 radical (unpaired) electrons. The van der Waals surface area contributed by atoms with E-state index in [1.807, 2.05) is 18.7 Å². The Bertz CT molecular complexity index is 400. The van der Waals surface area contributed by atoms with Gasteiger partial charge in [0.2, 0.25) is 0 Å². The van der Waals surface area contributed by atoms with Gasteiger partial charge in [0, 0.05) is 18.7 Å². The van der Waals surface area contributed by atoms with Gasteiger partial charge in [-0.3, -0.25) is 0 Å². The van der Waals surface area contributed by atoms with Crippen LogP contribution >= 0.6 is 0 Å². The van der Waals surface area contributed by atoms with Gasteiger partial charge in [-0.2, -0.15) is 0 Å². The zero-order valence-corrected chi connectivity index (χ0v) is 10.0. The van der Waals surface area contributed by atoms with Crippen molar-refractivity contribution in [1.29, 1.82) is 0 Å². The van der Waals surface area contributed by atoms with Crippen molar-refractivity contribution in [1.82, 2.24) is 9.97 Å². The number of anilines is 2. The summed E-state index contributed by atoms with van der Waals surface area (Å²) >= 11 is 0. The molecule has 0 spiro atoms. The molecule has 1 aromatic rings. The molecule has 2 rings (SSSR count). The number of aliphatic hydroxyl groups excluding tert-OH is 2. The van der Waals surface area contributed by atoms with Crippen LogP contribution in [0.25, 0.3) is 0 Å². The number of hydrogen-bond donors (Lipinski definition) is 3. The number of β-amino-alcohol motifs (C(OH)–C–C–N with tert-alkyl or cyclic N) is 2. The fraction of sp³-hybridized carbons (Fsp3) is 0.636. The maximum absolute atomic E-state index is 9.56. The summed E-state index contributed by atoms with van der Waals surface area (Å²) in [6.07, 6.45) is -0.0504. The van der Waals surface area contributed by atoms with Crippen molar-refractivity contribution in [3.8, 4) is 0 Å². The Morgan fingerprint density at radius 2 is 1.88 bits per heavy atom. The number of nitrogen functional groups attached to an aromatic ring is 1. The van der Waals surface area contributed by atoms with Crippen LogP contribution in [0, 0.1) is 0 Å². The third kappa shape index (κ3) is 2.18. The normalized spacial score (nSPS) is 24.6. The number of rotatable bonds is 2. The van der Waals surface area contributed by atoms with Crippen LogP contribution in [0.3, 0.4) is 0 Å². The first-order chi connectivity index (χ1) is 8.00. The Morgan fingerprint density at radius 3 is 2.41 bits per heavy atom. The topological polar surface area (TPSA) is 95.5 Å². The van der Waals surface area contributed by atoms with E-state index in [2.05, 4.69) is 9.97 Å². The molecule has 2 atom stereocenters. The van der Waals surface area contributed by atoms with Crippen molar-refractivity contribution >= 4 is 11.6 Å². The molecule has 0 amide bonds. The van der Waals surface area contributed by atoms with Gasteiger partial charge < -0.3 is 20.8 Å². The number of nitrogens with zero attached hydrogens (tertiary/aromatic N) is 3. The molecule has 6 nitrogen and oxygen atoms in total. The maximum Gasteiger partial charge on any atom is 0.137 e. The molecule has 1 aliphatic heterocycles. The molecule has 1 aromatic heterocycles. The second-order valence-electron chi connectivity index (χ2n) is 4.69. The fourth-order valence-corrected chi connectivity index (χ4v) is 2.15. The molecule has 2 unspecified atom stereocenters. The van der Waals surface area contributed by atoms with Gasteiger partial charge in [-0.15, -0.1) is 0 Å². The van der Waals surface area contributed by atoms with Gasteiger partial charge in [0.1, 0.15) is 18.0 Å². The number of hydrogen-bond acceptors (Lipinski definition) is 6. The van der Waals surface area contributed by atoms with Crippen LogP contribution < -0.4 is 10.6 Å². The highest BCUT2D eigenvalue weighted by atomic mass is 16.3. The van der Waals surface area contributed by atoms with Crippen LogP contribution in [0.1, 0.15) is 25.3 Å². The van der Waals surface area contributed by atoms with Gasteiger partial charge in [0.05, 0.1) is 12.2 Å². The Morgan fingerprint density at radius 1 is 1.29 bits per heavy atom. The zero-order chi connectivity index (χ0) is 12.6. The van der Waals surface area contributed by atoms with Crippen LogP contribution in [-0.2, 0) is 0 Å². The van der Waals surface area contributed by atoms with E-state index in [9.17, 15) is 10.2 Å². The first-order valence-corrected chi connectivity index (χ1v) is 5.72. The summed E-state index contributed by atoms with van der Waals surface area (Å²) in [7, 11) is 0. The van der Waals surface area contributed by atoms with E-state index in [-0.39, 0.29) is 5.92 Å². The van der Waals surface area contributed by atoms with E-state index in [0.29, 0.717) is 24.7 Å². The summed E-state index contributed by atoms with van der Waals surface area (Å²) < 4.78 is 0. The van der Waals surface area contributed by atoms with E-state index in [1.165, 1.54) is 6.33 Å². The minimum Gasteiger partial charge on any atom is -0.389 e. The summed E-state index contributed by atoms with van der Waals surface area (Å²) in [6.45, 7) is 4.78. The molecule has 6 heteroatoms. The monoisotopic (exact) mass is 238 g/mol. The molecule has 17 heavy (non-hydrogen) atoms. The number of aliphatic hydroxyl groups is 2. The summed E-state index contributed by atoms with van der Waals surface area (Å²) in [5.41, 5.74) is 6.73. The van der Waals surface area contributed by atoms with Gasteiger partial charge in [0.15, 0.2) is 0 Å². The largest absolute Gasteiger partial charge is 0.389 e. The average molecular weight is 238 g/mol. The lowest BCUT2D eigenvalue weighted by Gasteiger charge is -2.22. The molecule has 2 heterocycles. The highest BCUT2D eigenvalue weighted by Gasteiger charge is 2.32. The second kappa shape index (κ2) is 4.46. The van der Waals surface area contributed by atoms with Crippen molar-refractivity contribution in [2.75, 3.05) is 23.7 Å². The third-order valence-corrected chi connectivity index (χ3v) is 3.03. The Kier molecular flexibility index (Phi) is 3.17. The molecule has 1 fully saturated rings. The highest BCUT2D eigenvalue weighted by Crippen LogP contribution is 2.30. The SMILES string of the molecule is CC(C)c1c(N)ncnc1N1CC(O)C(O)C1. The van der Waals surface area contributed by atoms with Crippen LogP contribution in [0.5, 0.6) is 0 Å². The predicted octanol–water partition coefficient (Wildman–Crippen LogP) is -0.276. The summed E-state index contributed by atoms with van der Waals surface area (Å²) in [5, 5.41) is 19.1. The van der Waals surface area contributed by atoms with E-state index >= 15 is 0 Å². The summed E-state index contributed by atoms with van der Waals surface area (Å²) in [6, 6.07) is 0. The molecule has 0 bridgehead atoms. The van der Waals surface area contributed by atoms with Crippen LogP contribution in [-0.4, -0.2) is 45.5 Å². The first-order valence-electron chi connectivity index (χ1n) is 5.72. The van der Waals surface area contributed by atoms with Crippen LogP contribution in [0.2, 0.25) is 0 Å². The Labute approximate surface area is 100 Å². The Balaban J connectivity index is 2.36. The van der Waals surface area contributed by atoms with Crippen molar-refractivity contribution < 1.29 is 10.2 Å². The average Bonchev–Trinajstić information content (AvgIpc) is 2.58. The van der Waals surface area contributed by atoms with E-state index < -0.39 is 12.2 Å². The molecule has 94 valence electrons. The fourth-order valence-electron chi connectivity index (χ4n) is 2.15. The second-order valence-corrected chi connectivity index (χ2v) is 4.69. The molecule has 1 aliphatic rings. The number of aromatic nitrogens is 2. The van der Waals surface area contributed by atoms with Crippen LogP contribution in [0.4, 0.5) is 11.6 Å². The van der Waals surface area contributed by atoms with Crippen molar-refractivity contribution in [3.63, 3.8) is 0 Å². The zero-order valence-electron chi connectivity index (χ0n) is 10.0. The van der Waals surface area contributed by atoms with Crippen molar-refractivity contribution in [3.05, 3.63) is 11.9 Å². The lowest BCUT2D eigenvalue weighted by molar-refractivity contribution is 0.0572. The first kappa shape index (κ1) is 12.1. The van der Waals surface area contributed by atoms with Gasteiger partial charge in [-0.1, -0.05) is 13.8 Å². The molecule has 0 saturated carbocycles. The lowest BCUT2D eigenvalue weighted by atomic mass is 10.0. The molecule has 0 aromatic carbocycles. The Hall–Kier alpha value is -1.40. The van der Waals surface area contributed by atoms with Crippen molar-refractivity contribution in [2.24, 2.45) is 0 Å². The summed E-state index contributed by atoms with van der Waals surface area (Å²) in [5.74, 6) is 1.37. The maximum atomic E-state index is 9.56. The predicted molar refractivity (Wildman–Crippen MR) is 64.8 cm³/mol. The smallest absolute Gasteiger partial charge is 0.137 e. The van der Waals surface area contributed by atoms with Crippen molar-refractivity contribution in [2.45, 2.75) is 32.0 Å². The lowest BCUT2D eigenvalue weighted by Crippen LogP contribution is -2.24. The van der Waals surface area contributed by atoms with Gasteiger partial charge in [-0.25, -0.2) is 9.97 Å². The van der Waals surface area contributed by atoms with E-state index in [4.69, 9.17) is 5.73 Å². The van der Waals surface area contributed by atoms with Crippen LogP contribution in [0.15, 0.2) is 6.33 Å². The highest BCUT2D eigenvalue weighted by molar-refractivity contribution is 5.59. The van der Waals surface area contributed by atoms with E-state index in [0.717, 1.165) is 5.56 Å². The quantitative estimate of drug-likeness (QED) is 0.656. The minimum atomic E-state index is -0.730. The molecular formula is C11H18N4O2. The minimum absolute atomic E-state index is 0.195. The third-order valence-electron chi connectivity index (χ3n) is 3.03. The van der Waals surface area contributed by atoms with E-state index in [1.54, 1.807) is 0 Å².